The van der Waals surface area contributed by atoms with E-state index in [9.17, 15) is 4.79 Å². The summed E-state index contributed by atoms with van der Waals surface area (Å²) in [5, 5.41) is 0. The highest BCUT2D eigenvalue weighted by Gasteiger charge is 2.05. The molecular formula is C15H19NO. The topological polar surface area (TPSA) is 20.3 Å². The summed E-state index contributed by atoms with van der Waals surface area (Å²) in [5.41, 5.74) is 0.763. The molecule has 0 saturated carbocycles. The molecule has 90 valence electrons. The molecule has 0 aromatic heterocycles. The van der Waals surface area contributed by atoms with Gasteiger partial charge in [0.1, 0.15) is 0 Å². The van der Waals surface area contributed by atoms with Crippen molar-refractivity contribution in [3.8, 4) is 0 Å². The highest BCUT2D eigenvalue weighted by molar-refractivity contribution is 6.04. The molecule has 1 heterocycles. The summed E-state index contributed by atoms with van der Waals surface area (Å²) in [6, 6.07) is 9.43. The van der Waals surface area contributed by atoms with Gasteiger partial charge in [-0.2, -0.15) is 0 Å². The summed E-state index contributed by atoms with van der Waals surface area (Å²) in [6.45, 7) is 2.16. The summed E-state index contributed by atoms with van der Waals surface area (Å²) in [5.74, 6) is 0.0925. The second-order valence-corrected chi connectivity index (χ2v) is 4.50. The van der Waals surface area contributed by atoms with Crippen LogP contribution in [0.25, 0.3) is 0 Å². The molecule has 0 unspecified atom stereocenters. The van der Waals surface area contributed by atoms with Gasteiger partial charge in [0.2, 0.25) is 0 Å². The van der Waals surface area contributed by atoms with Crippen molar-refractivity contribution < 1.29 is 4.79 Å². The number of rotatable bonds is 3. The van der Waals surface area contributed by atoms with Gasteiger partial charge in [-0.1, -0.05) is 43.2 Å². The number of carbonyl (C=O) groups excluding carboxylic acids is 1. The van der Waals surface area contributed by atoms with Crippen LogP contribution in [0, 0.1) is 0 Å². The summed E-state index contributed by atoms with van der Waals surface area (Å²) in [7, 11) is 0. The molecular weight excluding hydrogens is 210 g/mol. The number of nitrogens with zero attached hydrogens (tertiary/aromatic N) is 1. The molecule has 1 aromatic rings. The third-order valence-electron chi connectivity index (χ3n) is 3.14. The lowest BCUT2D eigenvalue weighted by Crippen LogP contribution is -2.18. The normalized spacial score (nSPS) is 17.1. The molecule has 17 heavy (non-hydrogen) atoms. The Morgan fingerprint density at radius 1 is 1.00 bits per heavy atom. The van der Waals surface area contributed by atoms with Gasteiger partial charge in [0.15, 0.2) is 5.78 Å². The largest absolute Gasteiger partial charge is 0.377 e. The van der Waals surface area contributed by atoms with Crippen LogP contribution < -0.4 is 0 Å². The van der Waals surface area contributed by atoms with Crippen molar-refractivity contribution in [2.24, 2.45) is 0 Å². The fraction of sp³-hybridized carbons (Fsp3) is 0.400. The van der Waals surface area contributed by atoms with E-state index in [1.807, 2.05) is 36.5 Å². The van der Waals surface area contributed by atoms with Gasteiger partial charge in [-0.15, -0.1) is 0 Å². The van der Waals surface area contributed by atoms with Crippen LogP contribution in [-0.4, -0.2) is 23.8 Å². The Morgan fingerprint density at radius 2 is 1.65 bits per heavy atom. The Hall–Kier alpha value is -1.57. The van der Waals surface area contributed by atoms with E-state index in [4.69, 9.17) is 0 Å². The molecule has 0 radical (unpaired) electrons. The maximum atomic E-state index is 11.9. The molecule has 0 atom stereocenters. The predicted octanol–water partition coefficient (Wildman–Crippen LogP) is 3.26. The summed E-state index contributed by atoms with van der Waals surface area (Å²) < 4.78 is 0. The van der Waals surface area contributed by atoms with Gasteiger partial charge in [-0.05, 0) is 12.8 Å². The highest BCUT2D eigenvalue weighted by atomic mass is 16.1. The first-order valence-electron chi connectivity index (χ1n) is 6.38. The smallest absolute Gasteiger partial charge is 0.187 e. The molecule has 2 rings (SSSR count). The fourth-order valence-corrected chi connectivity index (χ4v) is 2.12. The molecule has 1 fully saturated rings. The molecule has 0 amide bonds. The third kappa shape index (κ3) is 3.74. The van der Waals surface area contributed by atoms with Crippen LogP contribution in [0.1, 0.15) is 36.0 Å². The minimum absolute atomic E-state index is 0.0925. The number of benzene rings is 1. The van der Waals surface area contributed by atoms with Crippen molar-refractivity contribution in [1.29, 1.82) is 0 Å². The summed E-state index contributed by atoms with van der Waals surface area (Å²) >= 11 is 0. The van der Waals surface area contributed by atoms with E-state index >= 15 is 0 Å². The van der Waals surface area contributed by atoms with Crippen molar-refractivity contribution >= 4 is 5.78 Å². The molecule has 1 saturated heterocycles. The van der Waals surface area contributed by atoms with Crippen LogP contribution in [0.3, 0.4) is 0 Å². The Morgan fingerprint density at radius 3 is 2.29 bits per heavy atom. The lowest BCUT2D eigenvalue weighted by atomic mass is 10.1. The Bertz CT molecular complexity index is 375. The SMILES string of the molecule is O=C(/C=C/N1CCCCCC1)c1ccccc1. The number of ketones is 1. The van der Waals surface area contributed by atoms with Crippen LogP contribution in [0.15, 0.2) is 42.6 Å². The molecule has 0 bridgehead atoms. The zero-order chi connectivity index (χ0) is 11.9. The van der Waals surface area contributed by atoms with Gasteiger partial charge in [0.05, 0.1) is 0 Å². The summed E-state index contributed by atoms with van der Waals surface area (Å²) in [4.78, 5) is 14.1. The van der Waals surface area contributed by atoms with E-state index < -0.39 is 0 Å². The molecule has 2 heteroatoms. The molecule has 1 aromatic carbocycles. The van der Waals surface area contributed by atoms with Crippen LogP contribution in [0.2, 0.25) is 0 Å². The number of allylic oxidation sites excluding steroid dienone is 1. The standard InChI is InChI=1S/C15H19NO/c17-15(14-8-4-3-5-9-14)10-13-16-11-6-1-2-7-12-16/h3-5,8-10,13H,1-2,6-7,11-12H2/b13-10+. The summed E-state index contributed by atoms with van der Waals surface area (Å²) in [6.07, 6.45) is 8.77. The van der Waals surface area contributed by atoms with Crippen LogP contribution >= 0.6 is 0 Å². The molecule has 2 nitrogen and oxygen atoms in total. The van der Waals surface area contributed by atoms with E-state index in [0.717, 1.165) is 18.7 Å². The van der Waals surface area contributed by atoms with E-state index in [2.05, 4.69) is 4.90 Å². The number of hydrogen-bond donors (Lipinski definition) is 0. The average molecular weight is 229 g/mol. The highest BCUT2D eigenvalue weighted by Crippen LogP contribution is 2.10. The first-order chi connectivity index (χ1) is 8.36. The lowest BCUT2D eigenvalue weighted by Gasteiger charge is -2.16. The molecule has 0 aliphatic carbocycles. The second-order valence-electron chi connectivity index (χ2n) is 4.50. The van der Waals surface area contributed by atoms with Crippen LogP contribution in [0.4, 0.5) is 0 Å². The molecule has 0 N–H and O–H groups in total. The van der Waals surface area contributed by atoms with Crippen LogP contribution in [-0.2, 0) is 0 Å². The first kappa shape index (κ1) is 11.9. The molecule has 1 aliphatic heterocycles. The van der Waals surface area contributed by atoms with Crippen molar-refractivity contribution in [2.75, 3.05) is 13.1 Å². The van der Waals surface area contributed by atoms with Gasteiger partial charge in [-0.3, -0.25) is 4.79 Å². The quantitative estimate of drug-likeness (QED) is 0.585. The number of likely N-dealkylation sites (tertiary alicyclic amines) is 1. The third-order valence-corrected chi connectivity index (χ3v) is 3.14. The predicted molar refractivity (Wildman–Crippen MR) is 70.0 cm³/mol. The lowest BCUT2D eigenvalue weighted by molar-refractivity contribution is 0.104. The van der Waals surface area contributed by atoms with Crippen molar-refractivity contribution in [2.45, 2.75) is 25.7 Å². The minimum atomic E-state index is 0.0925. The maximum Gasteiger partial charge on any atom is 0.187 e. The van der Waals surface area contributed by atoms with Crippen LogP contribution in [0.5, 0.6) is 0 Å². The first-order valence-corrected chi connectivity index (χ1v) is 6.38. The number of hydrogen-bond acceptors (Lipinski definition) is 2. The van der Waals surface area contributed by atoms with Gasteiger partial charge in [-0.25, -0.2) is 0 Å². The van der Waals surface area contributed by atoms with E-state index in [-0.39, 0.29) is 5.78 Å². The van der Waals surface area contributed by atoms with Crippen molar-refractivity contribution in [3.63, 3.8) is 0 Å². The Balaban J connectivity index is 1.93. The van der Waals surface area contributed by atoms with Crippen molar-refractivity contribution in [1.82, 2.24) is 4.90 Å². The van der Waals surface area contributed by atoms with Gasteiger partial charge in [0, 0.05) is 30.9 Å². The van der Waals surface area contributed by atoms with E-state index in [0.29, 0.717) is 0 Å². The van der Waals surface area contributed by atoms with Gasteiger partial charge < -0.3 is 4.90 Å². The zero-order valence-corrected chi connectivity index (χ0v) is 10.1. The van der Waals surface area contributed by atoms with Gasteiger partial charge in [0.25, 0.3) is 0 Å². The average Bonchev–Trinajstić information content (AvgIpc) is 2.65. The Kier molecular flexibility index (Phi) is 4.37. The van der Waals surface area contributed by atoms with E-state index in [1.165, 1.54) is 25.7 Å². The van der Waals surface area contributed by atoms with Gasteiger partial charge >= 0.3 is 0 Å². The molecule has 0 spiro atoms. The second kappa shape index (κ2) is 6.24. The minimum Gasteiger partial charge on any atom is -0.377 e. The van der Waals surface area contributed by atoms with Crippen molar-refractivity contribution in [3.05, 3.63) is 48.2 Å². The number of carbonyl (C=O) groups is 1. The van der Waals surface area contributed by atoms with E-state index in [1.54, 1.807) is 6.08 Å². The molecule has 1 aliphatic rings. The Labute approximate surface area is 103 Å². The fourth-order valence-electron chi connectivity index (χ4n) is 2.12. The zero-order valence-electron chi connectivity index (χ0n) is 10.1. The monoisotopic (exact) mass is 229 g/mol. The maximum absolute atomic E-state index is 11.9.